The smallest absolute Gasteiger partial charge is 0.0548 e. The predicted octanol–water partition coefficient (Wildman–Crippen LogP) is 12.2. The van der Waals surface area contributed by atoms with Crippen molar-refractivity contribution in [3.8, 4) is 27.9 Å². The Morgan fingerprint density at radius 3 is 1.76 bits per heavy atom. The minimum Gasteiger partial charge on any atom is -0.310 e. The summed E-state index contributed by atoms with van der Waals surface area (Å²) in [5.74, 6) is 0. The van der Waals surface area contributed by atoms with Crippen molar-refractivity contribution in [2.45, 2.75) is 0 Å². The summed E-state index contributed by atoms with van der Waals surface area (Å²) in [6.07, 6.45) is 0. The number of benzene rings is 8. The van der Waals surface area contributed by atoms with Crippen LogP contribution < -0.4 is 4.90 Å². The molecule has 0 saturated carbocycles. The van der Waals surface area contributed by atoms with Crippen LogP contribution >= 0.6 is 0 Å². The van der Waals surface area contributed by atoms with Crippen molar-refractivity contribution in [3.63, 3.8) is 0 Å². The molecule has 0 aliphatic heterocycles. The highest BCUT2D eigenvalue weighted by atomic mass is 15.1. The first-order valence-electron chi connectivity index (χ1n) is 15.9. The Morgan fingerprint density at radius 1 is 0.326 bits per heavy atom. The third-order valence-corrected chi connectivity index (χ3v) is 9.66. The molecule has 0 N–H and O–H groups in total. The molecule has 1 aliphatic carbocycles. The second-order valence-electron chi connectivity index (χ2n) is 12.2. The van der Waals surface area contributed by atoms with Crippen LogP contribution in [0.1, 0.15) is 0 Å². The van der Waals surface area contributed by atoms with Crippen molar-refractivity contribution in [1.29, 1.82) is 0 Å². The molecular formula is C44H28N2. The monoisotopic (exact) mass is 584 g/mol. The average Bonchev–Trinajstić information content (AvgIpc) is 3.40. The highest BCUT2D eigenvalue weighted by Crippen LogP contribution is 2.49. The zero-order valence-electron chi connectivity index (χ0n) is 25.1. The Hall–Kier alpha value is -6.12. The molecule has 0 spiro atoms. The number of fused-ring (bicyclic) bond motifs is 4. The fourth-order valence-corrected chi connectivity index (χ4v) is 7.72. The number of hydrogen-bond donors (Lipinski definition) is 0. The lowest BCUT2D eigenvalue weighted by molar-refractivity contribution is 1.17. The molecule has 2 heteroatoms. The van der Waals surface area contributed by atoms with Gasteiger partial charge >= 0.3 is 0 Å². The molecule has 8 aromatic carbocycles. The molecule has 10 rings (SSSR count). The normalized spacial score (nSPS) is 11.9. The largest absolute Gasteiger partial charge is 0.310 e. The molecule has 0 saturated heterocycles. The lowest BCUT2D eigenvalue weighted by Gasteiger charge is -2.26. The van der Waals surface area contributed by atoms with Crippen LogP contribution in [0.25, 0.3) is 71.3 Å². The van der Waals surface area contributed by atoms with E-state index >= 15 is 0 Å². The van der Waals surface area contributed by atoms with E-state index < -0.39 is 0 Å². The molecule has 0 amide bonds. The maximum Gasteiger partial charge on any atom is 0.0548 e. The minimum atomic E-state index is 1.11. The van der Waals surface area contributed by atoms with Gasteiger partial charge in [-0.3, -0.25) is 0 Å². The summed E-state index contributed by atoms with van der Waals surface area (Å²) in [4.78, 5) is 2.36. The van der Waals surface area contributed by atoms with E-state index in [1.807, 2.05) is 0 Å². The standard InChI is InChI=1S/C44H28N2/c1-2-14-32(15-3-1)45(35-25-23-29-11-4-5-12-31(29)27-35)33-16-9-17-34(28-33)46-40-22-10-21-39-37-19-7-6-18-36(37)38-20-8-13-30-24-26-41(46)44(42(30)38)43(39)40/h1-28H. The number of aromatic nitrogens is 1. The molecule has 46 heavy (non-hydrogen) atoms. The Labute approximate surface area is 267 Å². The molecule has 0 atom stereocenters. The number of hydrogen-bond acceptors (Lipinski definition) is 1. The van der Waals surface area contributed by atoms with Crippen LogP contribution in [0, 0.1) is 0 Å². The molecule has 1 aromatic heterocycles. The summed E-state index contributed by atoms with van der Waals surface area (Å²) in [5, 5.41) is 7.72. The van der Waals surface area contributed by atoms with Crippen molar-refractivity contribution in [2.75, 3.05) is 4.90 Å². The van der Waals surface area contributed by atoms with Crippen LogP contribution in [0.15, 0.2) is 170 Å². The number of anilines is 3. The van der Waals surface area contributed by atoms with Gasteiger partial charge in [0.2, 0.25) is 0 Å². The first-order chi connectivity index (χ1) is 22.8. The predicted molar refractivity (Wildman–Crippen MR) is 195 cm³/mol. The Bertz CT molecular complexity index is 2650. The van der Waals surface area contributed by atoms with E-state index in [9.17, 15) is 0 Å². The quantitative estimate of drug-likeness (QED) is 0.200. The zero-order chi connectivity index (χ0) is 30.2. The topological polar surface area (TPSA) is 8.17 Å². The van der Waals surface area contributed by atoms with Gasteiger partial charge in [-0.15, -0.1) is 0 Å². The first kappa shape index (κ1) is 25.2. The Balaban J connectivity index is 1.26. The van der Waals surface area contributed by atoms with Crippen molar-refractivity contribution in [3.05, 3.63) is 170 Å². The first-order valence-corrected chi connectivity index (χ1v) is 15.9. The summed E-state index contributed by atoms with van der Waals surface area (Å²) >= 11 is 0. The molecule has 2 nitrogen and oxygen atoms in total. The maximum atomic E-state index is 2.46. The summed E-state index contributed by atoms with van der Waals surface area (Å²) in [6, 6.07) is 62.0. The summed E-state index contributed by atoms with van der Waals surface area (Å²) in [5.41, 5.74) is 12.1. The van der Waals surface area contributed by atoms with Gasteiger partial charge in [-0.2, -0.15) is 0 Å². The average molecular weight is 585 g/mol. The van der Waals surface area contributed by atoms with Crippen molar-refractivity contribution < 1.29 is 0 Å². The van der Waals surface area contributed by atoms with Gasteiger partial charge in [-0.1, -0.05) is 115 Å². The van der Waals surface area contributed by atoms with Crippen molar-refractivity contribution in [2.24, 2.45) is 0 Å². The second kappa shape index (κ2) is 9.69. The van der Waals surface area contributed by atoms with Crippen LogP contribution in [0.5, 0.6) is 0 Å². The Kier molecular flexibility index (Phi) is 5.31. The van der Waals surface area contributed by atoms with Gasteiger partial charge in [-0.25, -0.2) is 0 Å². The van der Waals surface area contributed by atoms with E-state index in [1.54, 1.807) is 0 Å². The second-order valence-corrected chi connectivity index (χ2v) is 12.2. The van der Waals surface area contributed by atoms with E-state index in [2.05, 4.69) is 179 Å². The molecule has 1 heterocycles. The van der Waals surface area contributed by atoms with Gasteiger partial charge in [0.25, 0.3) is 0 Å². The van der Waals surface area contributed by atoms with E-state index in [0.717, 1.165) is 22.7 Å². The van der Waals surface area contributed by atoms with Gasteiger partial charge in [0.15, 0.2) is 0 Å². The van der Waals surface area contributed by atoms with Gasteiger partial charge < -0.3 is 9.47 Å². The van der Waals surface area contributed by atoms with Gasteiger partial charge in [0.05, 0.1) is 11.0 Å². The van der Waals surface area contributed by atoms with Crippen molar-refractivity contribution >= 4 is 60.4 Å². The van der Waals surface area contributed by atoms with Crippen molar-refractivity contribution in [1.82, 2.24) is 4.57 Å². The lowest BCUT2D eigenvalue weighted by atomic mass is 9.93. The van der Waals surface area contributed by atoms with E-state index in [1.165, 1.54) is 65.6 Å². The van der Waals surface area contributed by atoms with E-state index in [4.69, 9.17) is 0 Å². The fourth-order valence-electron chi connectivity index (χ4n) is 7.72. The molecule has 0 fully saturated rings. The molecule has 1 aliphatic rings. The highest BCUT2D eigenvalue weighted by Gasteiger charge is 2.24. The highest BCUT2D eigenvalue weighted by molar-refractivity contribution is 6.30. The van der Waals surface area contributed by atoms with Gasteiger partial charge in [0, 0.05) is 33.5 Å². The summed E-state index contributed by atoms with van der Waals surface area (Å²) < 4.78 is 2.46. The van der Waals surface area contributed by atoms with E-state index in [0.29, 0.717) is 0 Å². The SMILES string of the molecule is c1ccc(N(c2cccc(-n3c4cccc5c4c4c6c(cccc6ccc43)-c3ccccc3-5)c2)c2ccc3ccccc3c2)cc1. The lowest BCUT2D eigenvalue weighted by Crippen LogP contribution is -2.10. The van der Waals surface area contributed by atoms with Gasteiger partial charge in [-0.05, 0) is 98.4 Å². The Morgan fingerprint density at radius 2 is 0.913 bits per heavy atom. The molecule has 0 bridgehead atoms. The molecule has 214 valence electrons. The van der Waals surface area contributed by atoms with Gasteiger partial charge in [0.1, 0.15) is 0 Å². The minimum absolute atomic E-state index is 1.11. The molecule has 0 unspecified atom stereocenters. The third-order valence-electron chi connectivity index (χ3n) is 9.66. The third kappa shape index (κ3) is 3.59. The molecular weight excluding hydrogens is 556 g/mol. The maximum absolute atomic E-state index is 2.46. The van der Waals surface area contributed by atoms with Crippen LogP contribution in [0.3, 0.4) is 0 Å². The van der Waals surface area contributed by atoms with Crippen LogP contribution in [-0.2, 0) is 0 Å². The summed E-state index contributed by atoms with van der Waals surface area (Å²) in [6.45, 7) is 0. The van der Waals surface area contributed by atoms with Crippen LogP contribution in [0.4, 0.5) is 17.1 Å². The van der Waals surface area contributed by atoms with Crippen LogP contribution in [0.2, 0.25) is 0 Å². The van der Waals surface area contributed by atoms with E-state index in [-0.39, 0.29) is 0 Å². The van der Waals surface area contributed by atoms with Crippen LogP contribution in [-0.4, -0.2) is 4.57 Å². The number of para-hydroxylation sites is 1. The molecule has 0 radical (unpaired) electrons. The number of rotatable bonds is 4. The number of nitrogens with zero attached hydrogens (tertiary/aromatic N) is 2. The molecule has 9 aromatic rings. The fraction of sp³-hybridized carbons (Fsp3) is 0. The summed E-state index contributed by atoms with van der Waals surface area (Å²) in [7, 11) is 0. The zero-order valence-corrected chi connectivity index (χ0v) is 25.1.